The van der Waals surface area contributed by atoms with Crippen LogP contribution in [-0.4, -0.2) is 40.6 Å². The third-order valence-corrected chi connectivity index (χ3v) is 2.00. The molecule has 0 saturated carbocycles. The maximum Gasteiger partial charge on any atom is 0.321 e. The lowest BCUT2D eigenvalue weighted by molar-refractivity contribution is -0.138. The van der Waals surface area contributed by atoms with Gasteiger partial charge in [0.2, 0.25) is 0 Å². The Labute approximate surface area is 88.5 Å². The number of carboxylic acid groups (broad SMARTS) is 1. The number of aromatic nitrogens is 1. The lowest BCUT2D eigenvalue weighted by Gasteiger charge is -2.18. The zero-order valence-corrected chi connectivity index (χ0v) is 8.63. The Morgan fingerprint density at radius 2 is 2.47 bits per heavy atom. The summed E-state index contributed by atoms with van der Waals surface area (Å²) in [6.07, 6.45) is 3.45. The van der Waals surface area contributed by atoms with Crippen molar-refractivity contribution in [2.75, 3.05) is 13.6 Å². The molecule has 3 N–H and O–H groups in total. The van der Waals surface area contributed by atoms with Gasteiger partial charge in [-0.3, -0.25) is 14.7 Å². The van der Waals surface area contributed by atoms with Crippen LogP contribution in [0.2, 0.25) is 0 Å². The van der Waals surface area contributed by atoms with E-state index in [0.29, 0.717) is 13.1 Å². The summed E-state index contributed by atoms with van der Waals surface area (Å²) >= 11 is 0. The van der Waals surface area contributed by atoms with Gasteiger partial charge in [-0.1, -0.05) is 6.07 Å². The summed E-state index contributed by atoms with van der Waals surface area (Å²) in [5.74, 6) is -0.979. The van der Waals surface area contributed by atoms with E-state index in [-0.39, 0.29) is 0 Å². The van der Waals surface area contributed by atoms with Crippen molar-refractivity contribution in [2.24, 2.45) is 5.73 Å². The monoisotopic (exact) mass is 209 g/mol. The Morgan fingerprint density at radius 3 is 3.00 bits per heavy atom. The molecular weight excluding hydrogens is 194 g/mol. The fraction of sp³-hybridized carbons (Fsp3) is 0.400. The van der Waals surface area contributed by atoms with E-state index in [1.54, 1.807) is 12.4 Å². The van der Waals surface area contributed by atoms with Gasteiger partial charge < -0.3 is 10.8 Å². The summed E-state index contributed by atoms with van der Waals surface area (Å²) < 4.78 is 0. The van der Waals surface area contributed by atoms with Gasteiger partial charge in [0.15, 0.2) is 0 Å². The Hall–Kier alpha value is -1.46. The molecule has 5 nitrogen and oxygen atoms in total. The van der Waals surface area contributed by atoms with E-state index in [1.807, 2.05) is 24.1 Å². The highest BCUT2D eigenvalue weighted by atomic mass is 16.4. The van der Waals surface area contributed by atoms with Gasteiger partial charge >= 0.3 is 5.97 Å². The van der Waals surface area contributed by atoms with Crippen molar-refractivity contribution in [1.29, 1.82) is 0 Å². The van der Waals surface area contributed by atoms with Gasteiger partial charge in [0, 0.05) is 25.5 Å². The summed E-state index contributed by atoms with van der Waals surface area (Å²) in [6.45, 7) is 0.971. The van der Waals surface area contributed by atoms with Crippen molar-refractivity contribution >= 4 is 5.97 Å². The van der Waals surface area contributed by atoms with Crippen molar-refractivity contribution in [3.8, 4) is 0 Å². The largest absolute Gasteiger partial charge is 0.480 e. The summed E-state index contributed by atoms with van der Waals surface area (Å²) in [7, 11) is 1.83. The van der Waals surface area contributed by atoms with E-state index in [0.717, 1.165) is 5.56 Å². The summed E-state index contributed by atoms with van der Waals surface area (Å²) in [5.41, 5.74) is 6.45. The average molecular weight is 209 g/mol. The van der Waals surface area contributed by atoms with Crippen molar-refractivity contribution in [1.82, 2.24) is 9.88 Å². The van der Waals surface area contributed by atoms with Gasteiger partial charge in [-0.25, -0.2) is 0 Å². The number of likely N-dealkylation sites (N-methyl/N-ethyl adjacent to an activating group) is 1. The van der Waals surface area contributed by atoms with Crippen LogP contribution in [-0.2, 0) is 11.3 Å². The van der Waals surface area contributed by atoms with Crippen molar-refractivity contribution in [3.05, 3.63) is 30.1 Å². The number of hydrogen-bond donors (Lipinski definition) is 2. The number of carbonyl (C=O) groups is 1. The molecule has 0 fully saturated rings. The molecule has 0 spiro atoms. The minimum atomic E-state index is -0.979. The lowest BCUT2D eigenvalue weighted by atomic mass is 10.2. The number of pyridine rings is 1. The molecule has 82 valence electrons. The minimum absolute atomic E-state index is 0.324. The molecule has 15 heavy (non-hydrogen) atoms. The Kier molecular flexibility index (Phi) is 4.20. The van der Waals surface area contributed by atoms with Gasteiger partial charge in [-0.2, -0.15) is 0 Å². The van der Waals surface area contributed by atoms with Crippen LogP contribution < -0.4 is 5.73 Å². The number of rotatable bonds is 5. The van der Waals surface area contributed by atoms with Gasteiger partial charge in [-0.15, -0.1) is 0 Å². The highest BCUT2D eigenvalue weighted by Crippen LogP contribution is 2.00. The van der Waals surface area contributed by atoms with E-state index >= 15 is 0 Å². The topological polar surface area (TPSA) is 79.5 Å². The molecule has 0 aliphatic carbocycles. The summed E-state index contributed by atoms with van der Waals surface area (Å²) in [5, 5.41) is 8.63. The number of aliphatic carboxylic acids is 1. The maximum absolute atomic E-state index is 10.5. The smallest absolute Gasteiger partial charge is 0.321 e. The molecule has 0 amide bonds. The predicted molar refractivity (Wildman–Crippen MR) is 56.2 cm³/mol. The highest BCUT2D eigenvalue weighted by Gasteiger charge is 2.13. The third kappa shape index (κ3) is 4.05. The molecule has 0 bridgehead atoms. The number of nitrogens with zero attached hydrogens (tertiary/aromatic N) is 2. The van der Waals surface area contributed by atoms with Gasteiger partial charge in [0.1, 0.15) is 6.04 Å². The Bertz CT molecular complexity index is 316. The van der Waals surface area contributed by atoms with Crippen molar-refractivity contribution in [2.45, 2.75) is 12.6 Å². The fourth-order valence-corrected chi connectivity index (χ4v) is 1.28. The van der Waals surface area contributed by atoms with E-state index in [9.17, 15) is 4.79 Å². The molecule has 0 radical (unpaired) electrons. The number of hydrogen-bond acceptors (Lipinski definition) is 4. The quantitative estimate of drug-likeness (QED) is 0.709. The molecule has 0 aromatic carbocycles. The van der Waals surface area contributed by atoms with Gasteiger partial charge in [-0.05, 0) is 18.7 Å². The van der Waals surface area contributed by atoms with E-state index in [1.165, 1.54) is 0 Å². The van der Waals surface area contributed by atoms with Gasteiger partial charge in [0.25, 0.3) is 0 Å². The van der Waals surface area contributed by atoms with E-state index < -0.39 is 12.0 Å². The second kappa shape index (κ2) is 5.43. The van der Waals surface area contributed by atoms with E-state index in [4.69, 9.17) is 10.8 Å². The van der Waals surface area contributed by atoms with Crippen LogP contribution in [0.1, 0.15) is 5.56 Å². The van der Waals surface area contributed by atoms with Crippen LogP contribution >= 0.6 is 0 Å². The number of nitrogens with two attached hydrogens (primary N) is 1. The van der Waals surface area contributed by atoms with Crippen LogP contribution in [0.3, 0.4) is 0 Å². The third-order valence-electron chi connectivity index (χ3n) is 2.00. The summed E-state index contributed by atoms with van der Waals surface area (Å²) in [4.78, 5) is 16.4. The standard InChI is InChI=1S/C10H15N3O2/c1-13(7-9(11)10(14)15)6-8-3-2-4-12-5-8/h2-5,9H,6-7,11H2,1H3,(H,14,15). The van der Waals surface area contributed by atoms with Crippen molar-refractivity contribution in [3.63, 3.8) is 0 Å². The molecule has 0 aliphatic rings. The average Bonchev–Trinajstić information content (AvgIpc) is 2.18. The van der Waals surface area contributed by atoms with Crippen molar-refractivity contribution < 1.29 is 9.90 Å². The normalized spacial score (nSPS) is 12.7. The van der Waals surface area contributed by atoms with E-state index in [2.05, 4.69) is 4.98 Å². The summed E-state index contributed by atoms with van der Waals surface area (Å²) in [6, 6.07) is 2.95. The van der Waals surface area contributed by atoms with Gasteiger partial charge in [0.05, 0.1) is 0 Å². The first-order valence-corrected chi connectivity index (χ1v) is 4.65. The van der Waals surface area contributed by atoms with Crippen LogP contribution in [0.4, 0.5) is 0 Å². The lowest BCUT2D eigenvalue weighted by Crippen LogP contribution is -2.40. The SMILES string of the molecule is CN(Cc1cccnc1)CC(N)C(=O)O. The second-order valence-corrected chi connectivity index (χ2v) is 3.50. The van der Waals surface area contributed by atoms with Crippen LogP contribution in [0.15, 0.2) is 24.5 Å². The molecule has 1 heterocycles. The fourth-order valence-electron chi connectivity index (χ4n) is 1.28. The number of carboxylic acids is 1. The maximum atomic E-state index is 10.5. The van der Waals surface area contributed by atoms with Crippen LogP contribution in [0.25, 0.3) is 0 Å². The molecule has 1 rings (SSSR count). The molecule has 0 aliphatic heterocycles. The first-order chi connectivity index (χ1) is 7.09. The highest BCUT2D eigenvalue weighted by molar-refractivity contribution is 5.73. The second-order valence-electron chi connectivity index (χ2n) is 3.50. The molecule has 1 atom stereocenters. The molecule has 5 heteroatoms. The Balaban J connectivity index is 2.43. The molecule has 1 unspecified atom stereocenters. The first kappa shape index (κ1) is 11.6. The predicted octanol–water partition coefficient (Wildman–Crippen LogP) is -0.0747. The van der Waals surface area contributed by atoms with Crippen LogP contribution in [0, 0.1) is 0 Å². The zero-order chi connectivity index (χ0) is 11.3. The molecule has 0 saturated heterocycles. The molecule has 1 aromatic heterocycles. The molecular formula is C10H15N3O2. The van der Waals surface area contributed by atoms with Crippen LogP contribution in [0.5, 0.6) is 0 Å². The Morgan fingerprint density at radius 1 is 1.73 bits per heavy atom. The minimum Gasteiger partial charge on any atom is -0.480 e. The zero-order valence-electron chi connectivity index (χ0n) is 8.63. The molecule has 1 aromatic rings. The first-order valence-electron chi connectivity index (χ1n) is 4.65.